The molecule has 23 heavy (non-hydrogen) atoms. The third kappa shape index (κ3) is 4.70. The zero-order valence-electron chi connectivity index (χ0n) is 15.4. The summed E-state index contributed by atoms with van der Waals surface area (Å²) in [6.07, 6.45) is 15.0. The maximum absolute atomic E-state index is 5.83. The lowest BCUT2D eigenvalue weighted by Crippen LogP contribution is -2.54. The van der Waals surface area contributed by atoms with Crippen molar-refractivity contribution in [3.05, 3.63) is 0 Å². The highest BCUT2D eigenvalue weighted by Crippen LogP contribution is 2.38. The van der Waals surface area contributed by atoms with E-state index >= 15 is 0 Å². The van der Waals surface area contributed by atoms with Crippen molar-refractivity contribution in [3.63, 3.8) is 0 Å². The fraction of sp³-hybridized carbons (Fsp3) is 1.00. The van der Waals surface area contributed by atoms with Gasteiger partial charge in [0.1, 0.15) is 0 Å². The Morgan fingerprint density at radius 1 is 0.783 bits per heavy atom. The minimum Gasteiger partial charge on any atom is -0.329 e. The van der Waals surface area contributed by atoms with E-state index in [0.29, 0.717) is 6.04 Å². The highest BCUT2D eigenvalue weighted by atomic mass is 15.3. The molecule has 1 atom stereocenters. The van der Waals surface area contributed by atoms with Crippen LogP contribution in [0.4, 0.5) is 0 Å². The van der Waals surface area contributed by atoms with Crippen molar-refractivity contribution >= 4 is 0 Å². The quantitative estimate of drug-likeness (QED) is 0.860. The smallest absolute Gasteiger partial charge is 0.0191 e. The van der Waals surface area contributed by atoms with Gasteiger partial charge in [-0.15, -0.1) is 0 Å². The molecule has 0 aromatic carbocycles. The molecule has 1 aliphatic heterocycles. The van der Waals surface area contributed by atoms with E-state index < -0.39 is 0 Å². The van der Waals surface area contributed by atoms with Gasteiger partial charge in [0.15, 0.2) is 0 Å². The second kappa shape index (κ2) is 8.82. The van der Waals surface area contributed by atoms with Crippen molar-refractivity contribution in [2.75, 3.05) is 32.7 Å². The number of nitrogens with two attached hydrogens (primary N) is 1. The van der Waals surface area contributed by atoms with E-state index in [1.165, 1.54) is 90.4 Å². The maximum Gasteiger partial charge on any atom is 0.0191 e. The molecule has 1 unspecified atom stereocenters. The Morgan fingerprint density at radius 2 is 1.30 bits per heavy atom. The highest BCUT2D eigenvalue weighted by Gasteiger charge is 2.29. The zero-order chi connectivity index (χ0) is 16.1. The maximum atomic E-state index is 5.83. The van der Waals surface area contributed by atoms with Crippen LogP contribution in [0.5, 0.6) is 0 Å². The molecule has 3 fully saturated rings. The molecule has 0 radical (unpaired) electrons. The first-order valence-corrected chi connectivity index (χ1v) is 10.5. The molecule has 3 heteroatoms. The summed E-state index contributed by atoms with van der Waals surface area (Å²) in [6, 6.07) is 1.43. The van der Waals surface area contributed by atoms with Crippen molar-refractivity contribution in [1.82, 2.24) is 9.80 Å². The van der Waals surface area contributed by atoms with E-state index in [1.54, 1.807) is 0 Å². The van der Waals surface area contributed by atoms with Crippen molar-refractivity contribution in [2.45, 2.75) is 83.2 Å². The fourth-order valence-corrected chi connectivity index (χ4v) is 5.48. The Morgan fingerprint density at radius 3 is 1.83 bits per heavy atom. The van der Waals surface area contributed by atoms with Crippen LogP contribution in [-0.4, -0.2) is 54.6 Å². The highest BCUT2D eigenvalue weighted by molar-refractivity contribution is 4.84. The number of piperazine rings is 1. The van der Waals surface area contributed by atoms with E-state index in [2.05, 4.69) is 16.7 Å². The topological polar surface area (TPSA) is 32.5 Å². The first-order chi connectivity index (χ1) is 11.3. The lowest BCUT2D eigenvalue weighted by Gasteiger charge is -2.42. The molecular weight excluding hydrogens is 282 g/mol. The summed E-state index contributed by atoms with van der Waals surface area (Å²) >= 11 is 0. The van der Waals surface area contributed by atoms with Crippen LogP contribution < -0.4 is 5.73 Å². The normalized spacial score (nSPS) is 34.2. The molecule has 2 saturated carbocycles. The second-order valence-corrected chi connectivity index (χ2v) is 8.48. The SMILES string of the molecule is CC(CN)N1CCN(C2CCCC(C3CCCC3)CCC2)CC1. The van der Waals surface area contributed by atoms with Gasteiger partial charge in [-0.1, -0.05) is 51.4 Å². The van der Waals surface area contributed by atoms with E-state index in [-0.39, 0.29) is 0 Å². The van der Waals surface area contributed by atoms with Crippen LogP contribution in [-0.2, 0) is 0 Å². The summed E-state index contributed by atoms with van der Waals surface area (Å²) in [7, 11) is 0. The lowest BCUT2D eigenvalue weighted by atomic mass is 9.80. The molecule has 1 saturated heterocycles. The van der Waals surface area contributed by atoms with Crippen LogP contribution in [0, 0.1) is 11.8 Å². The molecule has 2 N–H and O–H groups in total. The van der Waals surface area contributed by atoms with Crippen LogP contribution in [0.3, 0.4) is 0 Å². The van der Waals surface area contributed by atoms with E-state index in [9.17, 15) is 0 Å². The zero-order valence-corrected chi connectivity index (χ0v) is 15.4. The summed E-state index contributed by atoms with van der Waals surface area (Å²) in [5, 5.41) is 0. The predicted octanol–water partition coefficient (Wildman–Crippen LogP) is 3.48. The lowest BCUT2D eigenvalue weighted by molar-refractivity contribution is 0.0627. The van der Waals surface area contributed by atoms with Crippen molar-refractivity contribution in [1.29, 1.82) is 0 Å². The van der Waals surface area contributed by atoms with Gasteiger partial charge in [0.25, 0.3) is 0 Å². The minimum atomic E-state index is 0.557. The summed E-state index contributed by atoms with van der Waals surface area (Å²) in [5.41, 5.74) is 5.83. The van der Waals surface area contributed by atoms with E-state index in [1.807, 2.05) is 0 Å². The first kappa shape index (κ1) is 17.7. The molecule has 0 bridgehead atoms. The summed E-state index contributed by atoms with van der Waals surface area (Å²) in [6.45, 7) is 8.04. The van der Waals surface area contributed by atoms with Crippen LogP contribution in [0.1, 0.15) is 71.1 Å². The van der Waals surface area contributed by atoms with Gasteiger partial charge in [-0.2, -0.15) is 0 Å². The van der Waals surface area contributed by atoms with Crippen LogP contribution >= 0.6 is 0 Å². The molecule has 1 heterocycles. The van der Waals surface area contributed by atoms with Gasteiger partial charge in [0, 0.05) is 44.8 Å². The van der Waals surface area contributed by atoms with Gasteiger partial charge in [0.2, 0.25) is 0 Å². The van der Waals surface area contributed by atoms with Crippen LogP contribution in [0.25, 0.3) is 0 Å². The Hall–Kier alpha value is -0.120. The molecule has 3 rings (SSSR count). The average Bonchev–Trinajstić information content (AvgIpc) is 3.09. The Balaban J connectivity index is 1.42. The van der Waals surface area contributed by atoms with Crippen molar-refractivity contribution < 1.29 is 0 Å². The van der Waals surface area contributed by atoms with Crippen molar-refractivity contribution in [2.24, 2.45) is 17.6 Å². The number of hydrogen-bond acceptors (Lipinski definition) is 3. The Bertz CT molecular complexity index is 322. The molecule has 134 valence electrons. The molecule has 3 aliphatic rings. The molecule has 0 aromatic rings. The number of rotatable bonds is 4. The molecule has 0 amide bonds. The number of hydrogen-bond donors (Lipinski definition) is 1. The van der Waals surface area contributed by atoms with Crippen molar-refractivity contribution in [3.8, 4) is 0 Å². The van der Waals surface area contributed by atoms with Gasteiger partial charge in [-0.05, 0) is 31.6 Å². The minimum absolute atomic E-state index is 0.557. The van der Waals surface area contributed by atoms with Crippen LogP contribution in [0.2, 0.25) is 0 Å². The molecule has 3 nitrogen and oxygen atoms in total. The standard InChI is InChI=1S/C20H39N3/c1-17(16-21)22-12-14-23(15-13-22)20-10-4-8-19(9-5-11-20)18-6-2-3-7-18/h17-20H,2-16,21H2,1H3. The first-order valence-electron chi connectivity index (χ1n) is 10.5. The third-order valence-corrected chi connectivity index (χ3v) is 7.12. The van der Waals surface area contributed by atoms with Gasteiger partial charge in [-0.25, -0.2) is 0 Å². The van der Waals surface area contributed by atoms with Gasteiger partial charge in [-0.3, -0.25) is 9.80 Å². The Labute approximate surface area is 144 Å². The molecule has 2 aliphatic carbocycles. The van der Waals surface area contributed by atoms with E-state index in [0.717, 1.165) is 24.4 Å². The molecular formula is C20H39N3. The summed E-state index contributed by atoms with van der Waals surface area (Å²) in [5.74, 6) is 2.16. The summed E-state index contributed by atoms with van der Waals surface area (Å²) < 4.78 is 0. The van der Waals surface area contributed by atoms with Crippen LogP contribution in [0.15, 0.2) is 0 Å². The number of nitrogens with zero attached hydrogens (tertiary/aromatic N) is 2. The predicted molar refractivity (Wildman–Crippen MR) is 98.6 cm³/mol. The summed E-state index contributed by atoms with van der Waals surface area (Å²) in [4.78, 5) is 5.38. The molecule has 0 spiro atoms. The average molecular weight is 322 g/mol. The largest absolute Gasteiger partial charge is 0.329 e. The fourth-order valence-electron chi connectivity index (χ4n) is 5.48. The Kier molecular flexibility index (Phi) is 6.79. The third-order valence-electron chi connectivity index (χ3n) is 7.12. The van der Waals surface area contributed by atoms with E-state index in [4.69, 9.17) is 5.73 Å². The monoisotopic (exact) mass is 321 g/mol. The van der Waals surface area contributed by atoms with Gasteiger partial charge >= 0.3 is 0 Å². The molecule has 0 aromatic heterocycles. The van der Waals surface area contributed by atoms with Gasteiger partial charge in [0.05, 0.1) is 0 Å². The van der Waals surface area contributed by atoms with Gasteiger partial charge < -0.3 is 5.73 Å². The second-order valence-electron chi connectivity index (χ2n) is 8.48.